The Balaban J connectivity index is 2.54. The van der Waals surface area contributed by atoms with E-state index < -0.39 is 0 Å². The zero-order valence-corrected chi connectivity index (χ0v) is 7.18. The fraction of sp³-hybridized carbons (Fsp3) is 0.333. The van der Waals surface area contributed by atoms with Crippen LogP contribution in [0.15, 0.2) is 12.7 Å². The Labute approximate surface area is 67.4 Å². The molecule has 0 spiro atoms. The monoisotopic (exact) mass is 204 g/mol. The first-order valence-electron chi connectivity index (χ1n) is 2.93. The molecule has 1 aliphatic heterocycles. The van der Waals surface area contributed by atoms with E-state index in [0.717, 1.165) is 4.67 Å². The summed E-state index contributed by atoms with van der Waals surface area (Å²) in [5.74, 6) is 0.0376. The summed E-state index contributed by atoms with van der Waals surface area (Å²) in [6.07, 6.45) is 1.76. The summed E-state index contributed by atoms with van der Waals surface area (Å²) in [6.45, 7) is 4.72. The summed E-state index contributed by atoms with van der Waals surface area (Å²) >= 11 is 2.77. The fourth-order valence-electron chi connectivity index (χ4n) is 0.786. The van der Waals surface area contributed by atoms with Crippen molar-refractivity contribution in [1.29, 1.82) is 0 Å². The summed E-state index contributed by atoms with van der Waals surface area (Å²) in [6, 6.07) is 0. The quantitative estimate of drug-likeness (QED) is 0.454. The molecule has 1 amide bonds. The Morgan fingerprint density at radius 2 is 2.60 bits per heavy atom. The molecule has 54 valence electrons. The predicted molar refractivity (Wildman–Crippen MR) is 40.7 cm³/mol. The Kier molecular flexibility index (Phi) is 2.25. The van der Waals surface area contributed by atoms with Gasteiger partial charge in [0.2, 0.25) is 0 Å². The van der Waals surface area contributed by atoms with Gasteiger partial charge in [0.25, 0.3) is 0 Å². The van der Waals surface area contributed by atoms with Gasteiger partial charge in [-0.3, -0.25) is 0 Å². The van der Waals surface area contributed by atoms with Gasteiger partial charge in [0.05, 0.1) is 0 Å². The molecule has 0 unspecified atom stereocenters. The number of carbonyl (C=O) groups excluding carboxylic acids is 1. The second kappa shape index (κ2) is 2.99. The van der Waals surface area contributed by atoms with Gasteiger partial charge in [-0.05, 0) is 0 Å². The molecule has 0 radical (unpaired) electrons. The Bertz CT molecular complexity index is 190. The molecule has 4 heteroatoms. The molecular formula is C6H8N2OSe. The van der Waals surface area contributed by atoms with E-state index in [0.29, 0.717) is 13.1 Å². The van der Waals surface area contributed by atoms with Crippen LogP contribution < -0.4 is 5.32 Å². The van der Waals surface area contributed by atoms with Gasteiger partial charge in [0.1, 0.15) is 0 Å². The van der Waals surface area contributed by atoms with E-state index in [2.05, 4.69) is 27.5 Å². The second-order valence-electron chi connectivity index (χ2n) is 2.02. The number of amides is 1. The second-order valence-corrected chi connectivity index (χ2v) is 2.83. The fourth-order valence-corrected chi connectivity index (χ4v) is 1.32. The van der Waals surface area contributed by atoms with Crippen LogP contribution in [0.3, 0.4) is 0 Å². The number of hydrogen-bond donors (Lipinski definition) is 1. The van der Waals surface area contributed by atoms with Gasteiger partial charge in [-0.2, -0.15) is 0 Å². The standard InChI is InChI=1S/C6H8N2OSe/c1-2-3-8-4-5(9)7-6(8)10/h2H,1,3-4H2,(H,7,9,10). The molecule has 1 heterocycles. The normalized spacial score (nSPS) is 17.4. The number of nitrogens with zero attached hydrogens (tertiary/aromatic N) is 1. The van der Waals surface area contributed by atoms with Gasteiger partial charge < -0.3 is 0 Å². The molecule has 0 aliphatic carbocycles. The van der Waals surface area contributed by atoms with Gasteiger partial charge in [-0.15, -0.1) is 0 Å². The van der Waals surface area contributed by atoms with Crippen LogP contribution in [0.25, 0.3) is 0 Å². The molecule has 0 aromatic carbocycles. The Hall–Kier alpha value is -0.601. The van der Waals surface area contributed by atoms with Crippen LogP contribution in [0.5, 0.6) is 0 Å². The van der Waals surface area contributed by atoms with Gasteiger partial charge in [-0.1, -0.05) is 0 Å². The minimum absolute atomic E-state index is 0.0376. The van der Waals surface area contributed by atoms with E-state index in [4.69, 9.17) is 0 Å². The number of rotatable bonds is 2. The average Bonchev–Trinajstić information content (AvgIpc) is 2.13. The SMILES string of the molecule is C=CCN1CC(=O)NC1=[Se]. The van der Waals surface area contributed by atoms with E-state index in [1.165, 1.54) is 0 Å². The topological polar surface area (TPSA) is 32.3 Å². The molecule has 1 N–H and O–H groups in total. The molecule has 10 heavy (non-hydrogen) atoms. The third-order valence-electron chi connectivity index (χ3n) is 1.22. The molecule has 1 saturated heterocycles. The van der Waals surface area contributed by atoms with Crippen LogP contribution in [0.4, 0.5) is 0 Å². The molecule has 1 rings (SSSR count). The van der Waals surface area contributed by atoms with E-state index >= 15 is 0 Å². The summed E-state index contributed by atoms with van der Waals surface area (Å²) in [5, 5.41) is 2.65. The third kappa shape index (κ3) is 1.46. The van der Waals surface area contributed by atoms with Gasteiger partial charge in [0, 0.05) is 0 Å². The molecule has 0 atom stereocenters. The molecule has 3 nitrogen and oxygen atoms in total. The van der Waals surface area contributed by atoms with E-state index in [-0.39, 0.29) is 5.91 Å². The van der Waals surface area contributed by atoms with Crippen LogP contribution in [0.1, 0.15) is 0 Å². The van der Waals surface area contributed by atoms with E-state index in [1.807, 2.05) is 4.90 Å². The van der Waals surface area contributed by atoms with Crippen molar-refractivity contribution in [2.75, 3.05) is 13.1 Å². The van der Waals surface area contributed by atoms with Gasteiger partial charge in [0.15, 0.2) is 0 Å². The molecule has 0 aromatic rings. The predicted octanol–water partition coefficient (Wildman–Crippen LogP) is -1.14. The minimum atomic E-state index is 0.0376. The van der Waals surface area contributed by atoms with Crippen LogP contribution in [-0.2, 0) is 4.79 Å². The first-order valence-corrected chi connectivity index (χ1v) is 3.79. The molecule has 0 aromatic heterocycles. The van der Waals surface area contributed by atoms with Crippen LogP contribution in [-0.4, -0.2) is 44.1 Å². The average molecular weight is 203 g/mol. The van der Waals surface area contributed by atoms with Crippen molar-refractivity contribution in [2.45, 2.75) is 0 Å². The van der Waals surface area contributed by atoms with Crippen LogP contribution in [0.2, 0.25) is 0 Å². The molecule has 1 aliphatic rings. The third-order valence-corrected chi connectivity index (χ3v) is 1.97. The molecule has 0 bridgehead atoms. The van der Waals surface area contributed by atoms with Gasteiger partial charge in [-0.25, -0.2) is 0 Å². The van der Waals surface area contributed by atoms with E-state index in [1.54, 1.807) is 6.08 Å². The number of hydrogen-bond acceptors (Lipinski definition) is 2. The first kappa shape index (κ1) is 7.51. The summed E-state index contributed by atoms with van der Waals surface area (Å²) in [4.78, 5) is 12.6. The zero-order chi connectivity index (χ0) is 7.56. The maximum atomic E-state index is 10.7. The van der Waals surface area contributed by atoms with Gasteiger partial charge >= 0.3 is 66.9 Å². The van der Waals surface area contributed by atoms with E-state index in [9.17, 15) is 4.79 Å². The molecule has 0 saturated carbocycles. The van der Waals surface area contributed by atoms with Crippen molar-refractivity contribution in [3.05, 3.63) is 12.7 Å². The number of carbonyl (C=O) groups is 1. The molecular weight excluding hydrogens is 195 g/mol. The first-order chi connectivity index (χ1) is 4.74. The van der Waals surface area contributed by atoms with Crippen molar-refractivity contribution in [1.82, 2.24) is 10.2 Å². The van der Waals surface area contributed by atoms with Crippen LogP contribution >= 0.6 is 0 Å². The summed E-state index contributed by atoms with van der Waals surface area (Å²) in [7, 11) is 0. The zero-order valence-electron chi connectivity index (χ0n) is 5.46. The Morgan fingerprint density at radius 3 is 3.00 bits per heavy atom. The van der Waals surface area contributed by atoms with Crippen molar-refractivity contribution in [3.8, 4) is 0 Å². The molecule has 1 fully saturated rings. The Morgan fingerprint density at radius 1 is 1.90 bits per heavy atom. The maximum absolute atomic E-state index is 10.7. The summed E-state index contributed by atoms with van der Waals surface area (Å²) in [5.41, 5.74) is 0. The van der Waals surface area contributed by atoms with Crippen molar-refractivity contribution in [3.63, 3.8) is 0 Å². The summed E-state index contributed by atoms with van der Waals surface area (Å²) < 4.78 is 0.796. The van der Waals surface area contributed by atoms with Crippen LogP contribution in [0, 0.1) is 0 Å². The number of nitrogens with one attached hydrogen (secondary N) is 1. The van der Waals surface area contributed by atoms with Crippen molar-refractivity contribution in [2.24, 2.45) is 0 Å². The van der Waals surface area contributed by atoms with Crippen molar-refractivity contribution < 1.29 is 4.79 Å². The van der Waals surface area contributed by atoms with Crippen molar-refractivity contribution >= 4 is 26.1 Å².